The van der Waals surface area contributed by atoms with Gasteiger partial charge in [-0.1, -0.05) is 0 Å². The van der Waals surface area contributed by atoms with Crippen molar-refractivity contribution in [3.05, 3.63) is 54.9 Å². The summed E-state index contributed by atoms with van der Waals surface area (Å²) in [6.07, 6.45) is 4.00. The Kier molecular flexibility index (Phi) is 2.34. The van der Waals surface area contributed by atoms with Gasteiger partial charge >= 0.3 is 104 Å². The Labute approximate surface area is 104 Å². The molecule has 3 aromatic rings. The van der Waals surface area contributed by atoms with Crippen molar-refractivity contribution >= 4 is 29.6 Å². The average Bonchev–Trinajstić information content (AvgIpc) is 2.66. The molecule has 0 amide bonds. The van der Waals surface area contributed by atoms with Crippen LogP contribution in [0.2, 0.25) is 0 Å². The van der Waals surface area contributed by atoms with Gasteiger partial charge in [-0.3, -0.25) is 0 Å². The van der Waals surface area contributed by atoms with Crippen LogP contribution in [-0.2, 0) is 0 Å². The molecular formula is C13H9GaN2. The van der Waals surface area contributed by atoms with Crippen LogP contribution >= 0.6 is 0 Å². The van der Waals surface area contributed by atoms with Gasteiger partial charge in [-0.15, -0.1) is 0 Å². The van der Waals surface area contributed by atoms with E-state index in [1.807, 2.05) is 18.3 Å². The first-order chi connectivity index (χ1) is 7.86. The maximum absolute atomic E-state index is 4.42. The van der Waals surface area contributed by atoms with Crippen LogP contribution in [0.5, 0.6) is 0 Å². The molecule has 0 aliphatic carbocycles. The third-order valence-electron chi connectivity index (χ3n) is 2.66. The van der Waals surface area contributed by atoms with Crippen LogP contribution in [0, 0.1) is 0 Å². The maximum atomic E-state index is 4.42. The van der Waals surface area contributed by atoms with E-state index in [0.29, 0.717) is 0 Å². The van der Waals surface area contributed by atoms with E-state index < -0.39 is 0 Å². The Hall–Kier alpha value is -1.45. The molecule has 0 saturated heterocycles. The molecule has 16 heavy (non-hydrogen) atoms. The molecule has 0 fully saturated rings. The van der Waals surface area contributed by atoms with Gasteiger partial charge in [0.15, 0.2) is 0 Å². The van der Waals surface area contributed by atoms with Crippen LogP contribution in [0.3, 0.4) is 0 Å². The van der Waals surface area contributed by atoms with Crippen molar-refractivity contribution in [2.75, 3.05) is 0 Å². The van der Waals surface area contributed by atoms with Crippen molar-refractivity contribution in [1.29, 1.82) is 0 Å². The van der Waals surface area contributed by atoms with Gasteiger partial charge in [-0.05, 0) is 0 Å². The summed E-state index contributed by atoms with van der Waals surface area (Å²) in [5.41, 5.74) is 2.24. The van der Waals surface area contributed by atoms with Gasteiger partial charge in [0.1, 0.15) is 0 Å². The number of benzene rings is 1. The van der Waals surface area contributed by atoms with E-state index in [4.69, 9.17) is 0 Å². The standard InChI is InChI=1S/C13H9N2.Ga/c1-2-6-11-10(5-1)9-15-13(11)12-7-3-4-8-14-12;/h1-9H;/q-1;+1. The second-order valence-electron chi connectivity index (χ2n) is 3.69. The van der Waals surface area contributed by atoms with Crippen molar-refractivity contribution in [2.45, 2.75) is 0 Å². The summed E-state index contributed by atoms with van der Waals surface area (Å²) in [5, 5.41) is 2.54. The van der Waals surface area contributed by atoms with Crippen LogP contribution in [0.25, 0.3) is 22.2 Å². The van der Waals surface area contributed by atoms with Gasteiger partial charge in [0.25, 0.3) is 0 Å². The fraction of sp³-hybridized carbons (Fsp3) is 0. The van der Waals surface area contributed by atoms with Crippen LogP contribution < -0.4 is 0 Å². The van der Waals surface area contributed by atoms with Gasteiger partial charge in [-0.25, -0.2) is 0 Å². The minimum atomic E-state index is 1.04. The molecule has 0 aliphatic heterocycles. The van der Waals surface area contributed by atoms with Crippen LogP contribution in [-0.4, -0.2) is 27.1 Å². The zero-order chi connectivity index (χ0) is 11.0. The van der Waals surface area contributed by atoms with Gasteiger partial charge in [-0.2, -0.15) is 0 Å². The Balaban J connectivity index is 2.35. The summed E-state index contributed by atoms with van der Waals surface area (Å²) in [7, 11) is 0. The summed E-state index contributed by atoms with van der Waals surface area (Å²) in [6.45, 7) is 0. The van der Waals surface area contributed by atoms with E-state index in [9.17, 15) is 0 Å². The Morgan fingerprint density at radius 3 is 2.62 bits per heavy atom. The van der Waals surface area contributed by atoms with Crippen molar-refractivity contribution in [1.82, 2.24) is 8.26 Å². The van der Waals surface area contributed by atoms with Gasteiger partial charge in [0.2, 0.25) is 0 Å². The van der Waals surface area contributed by atoms with Crippen LogP contribution in [0.4, 0.5) is 0 Å². The molecule has 0 spiro atoms. The Morgan fingerprint density at radius 2 is 1.81 bits per heavy atom. The molecule has 0 atom stereocenters. The zero-order valence-electron chi connectivity index (χ0n) is 8.67. The van der Waals surface area contributed by atoms with E-state index in [1.54, 1.807) is 18.8 Å². The van der Waals surface area contributed by atoms with Crippen molar-refractivity contribution in [3.8, 4) is 11.4 Å². The monoisotopic (exact) mass is 262 g/mol. The summed E-state index contributed by atoms with van der Waals surface area (Å²) in [5.74, 6) is 0. The van der Waals surface area contributed by atoms with E-state index in [2.05, 4.69) is 44.8 Å². The molecule has 74 valence electrons. The summed E-state index contributed by atoms with van der Waals surface area (Å²) >= 11 is 1.57. The molecule has 0 aliphatic rings. The second kappa shape index (κ2) is 3.85. The average molecular weight is 263 g/mol. The topological polar surface area (TPSA) is 17.8 Å². The van der Waals surface area contributed by atoms with Crippen molar-refractivity contribution in [3.63, 3.8) is 0 Å². The SMILES string of the molecule is [Ga][n]1cc2ccccc2c1-c1ccccn1. The van der Waals surface area contributed by atoms with Gasteiger partial charge in [0.05, 0.1) is 0 Å². The molecule has 0 saturated carbocycles. The van der Waals surface area contributed by atoms with Crippen molar-refractivity contribution in [2.24, 2.45) is 0 Å². The normalized spacial score (nSPS) is 10.8. The summed E-state index contributed by atoms with van der Waals surface area (Å²) in [6, 6.07) is 14.4. The number of fused-ring (bicyclic) bond motifs is 1. The molecule has 0 bridgehead atoms. The molecule has 0 unspecified atom stereocenters. The van der Waals surface area contributed by atoms with Crippen LogP contribution in [0.15, 0.2) is 54.9 Å². The first-order valence-corrected chi connectivity index (χ1v) is 6.21. The van der Waals surface area contributed by atoms with E-state index in [-0.39, 0.29) is 0 Å². The van der Waals surface area contributed by atoms with Crippen LogP contribution in [0.1, 0.15) is 0 Å². The summed E-state index contributed by atoms with van der Waals surface area (Å²) in [4.78, 5) is 4.42. The fourth-order valence-corrected chi connectivity index (χ4v) is 2.86. The number of hydrogen-bond donors (Lipinski definition) is 0. The fourth-order valence-electron chi connectivity index (χ4n) is 1.95. The third-order valence-corrected chi connectivity index (χ3v) is 3.51. The van der Waals surface area contributed by atoms with E-state index in [1.165, 1.54) is 16.5 Å². The van der Waals surface area contributed by atoms with Gasteiger partial charge in [0, 0.05) is 0 Å². The molecular weight excluding hydrogens is 254 g/mol. The molecule has 2 nitrogen and oxygen atoms in total. The summed E-state index contributed by atoms with van der Waals surface area (Å²) < 4.78 is 2.19. The molecule has 2 radical (unpaired) electrons. The predicted octanol–water partition coefficient (Wildman–Crippen LogP) is 2.63. The zero-order valence-corrected chi connectivity index (χ0v) is 11.1. The molecule has 0 N–H and O–H groups in total. The predicted molar refractivity (Wildman–Crippen MR) is 66.3 cm³/mol. The Bertz CT molecular complexity index is 629. The number of nitrogens with zero attached hydrogens (tertiary/aromatic N) is 2. The minimum absolute atomic E-state index is 1.04. The van der Waals surface area contributed by atoms with Gasteiger partial charge < -0.3 is 0 Å². The third kappa shape index (κ3) is 1.49. The number of aromatic nitrogens is 2. The Morgan fingerprint density at radius 1 is 1.00 bits per heavy atom. The molecule has 3 heteroatoms. The number of hydrogen-bond acceptors (Lipinski definition) is 1. The molecule has 3 rings (SSSR count). The second-order valence-corrected chi connectivity index (χ2v) is 4.85. The molecule has 2 aromatic heterocycles. The van der Waals surface area contributed by atoms with Crippen molar-refractivity contribution < 1.29 is 0 Å². The number of pyridine rings is 1. The first-order valence-electron chi connectivity index (χ1n) is 5.13. The molecule has 2 heterocycles. The first kappa shape index (κ1) is 9.75. The number of rotatable bonds is 1. The van der Waals surface area contributed by atoms with E-state index >= 15 is 0 Å². The quantitative estimate of drug-likeness (QED) is 0.617. The molecule has 1 aromatic carbocycles. The van der Waals surface area contributed by atoms with E-state index in [0.717, 1.165) is 5.69 Å².